The SMILES string of the molecule is CCOC(=O)C(C=Nc1ncc(I)cn1)C(=O)OCC. The summed E-state index contributed by atoms with van der Waals surface area (Å²) in [5, 5.41) is 0. The Morgan fingerprint density at radius 1 is 1.25 bits per heavy atom. The summed E-state index contributed by atoms with van der Waals surface area (Å²) in [6, 6.07) is 0. The van der Waals surface area contributed by atoms with Crippen molar-refractivity contribution in [2.45, 2.75) is 13.8 Å². The quantitative estimate of drug-likeness (QED) is 0.316. The molecule has 1 heterocycles. The summed E-state index contributed by atoms with van der Waals surface area (Å²) in [6.07, 6.45) is 4.28. The molecule has 0 bridgehead atoms. The molecule has 0 aliphatic carbocycles. The van der Waals surface area contributed by atoms with E-state index in [0.29, 0.717) is 0 Å². The normalized spacial score (nSPS) is 10.8. The molecule has 0 saturated carbocycles. The lowest BCUT2D eigenvalue weighted by atomic mass is 10.2. The zero-order valence-corrected chi connectivity index (χ0v) is 13.2. The Morgan fingerprint density at radius 2 is 1.75 bits per heavy atom. The Labute approximate surface area is 129 Å². The maximum absolute atomic E-state index is 11.7. The Hall–Kier alpha value is -1.58. The minimum absolute atomic E-state index is 0.156. The van der Waals surface area contributed by atoms with Crippen molar-refractivity contribution in [1.82, 2.24) is 9.97 Å². The third-order valence-corrected chi connectivity index (χ3v) is 2.58. The van der Waals surface area contributed by atoms with Crippen molar-refractivity contribution in [2.24, 2.45) is 10.9 Å². The van der Waals surface area contributed by atoms with E-state index in [9.17, 15) is 9.59 Å². The van der Waals surface area contributed by atoms with Crippen LogP contribution < -0.4 is 0 Å². The molecule has 0 radical (unpaired) electrons. The lowest BCUT2D eigenvalue weighted by Crippen LogP contribution is -2.29. The largest absolute Gasteiger partial charge is 0.465 e. The van der Waals surface area contributed by atoms with Gasteiger partial charge in [0.2, 0.25) is 5.95 Å². The second kappa shape index (κ2) is 8.56. The van der Waals surface area contributed by atoms with Gasteiger partial charge in [0.1, 0.15) is 0 Å². The third kappa shape index (κ3) is 5.19. The van der Waals surface area contributed by atoms with Gasteiger partial charge in [-0.1, -0.05) is 0 Å². The molecule has 0 spiro atoms. The lowest BCUT2D eigenvalue weighted by molar-refractivity contribution is -0.157. The van der Waals surface area contributed by atoms with Crippen LogP contribution in [0.4, 0.5) is 5.95 Å². The van der Waals surface area contributed by atoms with E-state index in [2.05, 4.69) is 37.6 Å². The zero-order valence-electron chi connectivity index (χ0n) is 11.1. The molecule has 0 aliphatic rings. The molecular weight excluding hydrogens is 377 g/mol. The van der Waals surface area contributed by atoms with Crippen molar-refractivity contribution >= 4 is 46.7 Å². The van der Waals surface area contributed by atoms with Gasteiger partial charge in [0, 0.05) is 22.2 Å². The summed E-state index contributed by atoms with van der Waals surface area (Å²) in [7, 11) is 0. The molecule has 20 heavy (non-hydrogen) atoms. The molecule has 0 aromatic carbocycles. The first-order valence-electron chi connectivity index (χ1n) is 5.93. The number of nitrogens with zero attached hydrogens (tertiary/aromatic N) is 3. The molecule has 1 rings (SSSR count). The van der Waals surface area contributed by atoms with E-state index >= 15 is 0 Å². The van der Waals surface area contributed by atoms with Gasteiger partial charge in [0.15, 0.2) is 5.92 Å². The molecule has 1 aromatic rings. The van der Waals surface area contributed by atoms with Crippen LogP contribution in [0.25, 0.3) is 0 Å². The maximum Gasteiger partial charge on any atom is 0.325 e. The molecule has 0 fully saturated rings. The highest BCUT2D eigenvalue weighted by Gasteiger charge is 2.27. The van der Waals surface area contributed by atoms with Crippen molar-refractivity contribution in [2.75, 3.05) is 13.2 Å². The number of hydrogen-bond acceptors (Lipinski definition) is 7. The average Bonchev–Trinajstić information content (AvgIpc) is 2.42. The van der Waals surface area contributed by atoms with Crippen LogP contribution in [0.15, 0.2) is 17.4 Å². The first kappa shape index (κ1) is 16.5. The van der Waals surface area contributed by atoms with E-state index in [1.54, 1.807) is 26.2 Å². The molecule has 108 valence electrons. The highest BCUT2D eigenvalue weighted by molar-refractivity contribution is 14.1. The number of rotatable bonds is 6. The van der Waals surface area contributed by atoms with Gasteiger partial charge in [0.05, 0.1) is 13.2 Å². The lowest BCUT2D eigenvalue weighted by Gasteiger charge is -2.09. The summed E-state index contributed by atoms with van der Waals surface area (Å²) in [5.41, 5.74) is 0. The monoisotopic (exact) mass is 391 g/mol. The zero-order chi connectivity index (χ0) is 15.0. The number of ether oxygens (including phenoxy) is 2. The minimum Gasteiger partial charge on any atom is -0.465 e. The number of esters is 2. The summed E-state index contributed by atoms with van der Waals surface area (Å²) in [6.45, 7) is 3.64. The van der Waals surface area contributed by atoms with Crippen LogP contribution in [-0.4, -0.2) is 41.3 Å². The number of halogens is 1. The van der Waals surface area contributed by atoms with Gasteiger partial charge in [-0.25, -0.2) is 15.0 Å². The fraction of sp³-hybridized carbons (Fsp3) is 0.417. The van der Waals surface area contributed by atoms with Crippen LogP contribution in [0.1, 0.15) is 13.8 Å². The predicted molar refractivity (Wildman–Crippen MR) is 79.7 cm³/mol. The topological polar surface area (TPSA) is 90.7 Å². The molecule has 1 aromatic heterocycles. The first-order chi connectivity index (χ1) is 9.58. The molecule has 0 amide bonds. The van der Waals surface area contributed by atoms with Crippen LogP contribution in [0, 0.1) is 9.49 Å². The van der Waals surface area contributed by atoms with E-state index < -0.39 is 17.9 Å². The Kier molecular flexibility index (Phi) is 7.05. The molecule has 0 saturated heterocycles. The molecule has 0 N–H and O–H groups in total. The van der Waals surface area contributed by atoms with Crippen molar-refractivity contribution in [1.29, 1.82) is 0 Å². The Balaban J connectivity index is 2.85. The van der Waals surface area contributed by atoms with Crippen LogP contribution in [-0.2, 0) is 19.1 Å². The molecule has 8 heteroatoms. The van der Waals surface area contributed by atoms with Crippen molar-refractivity contribution in [3.8, 4) is 0 Å². The highest BCUT2D eigenvalue weighted by atomic mass is 127. The molecule has 7 nitrogen and oxygen atoms in total. The van der Waals surface area contributed by atoms with Gasteiger partial charge in [-0.3, -0.25) is 9.59 Å². The fourth-order valence-corrected chi connectivity index (χ4v) is 1.47. The van der Waals surface area contributed by atoms with Crippen molar-refractivity contribution in [3.05, 3.63) is 16.0 Å². The molecule has 0 unspecified atom stereocenters. The fourth-order valence-electron chi connectivity index (χ4n) is 1.20. The predicted octanol–water partition coefficient (Wildman–Crippen LogP) is 1.53. The minimum atomic E-state index is -1.21. The van der Waals surface area contributed by atoms with Crippen LogP contribution >= 0.6 is 22.6 Å². The van der Waals surface area contributed by atoms with Crippen molar-refractivity contribution in [3.63, 3.8) is 0 Å². The number of aliphatic imine (C=N–C) groups is 1. The summed E-state index contributed by atoms with van der Waals surface area (Å²) in [4.78, 5) is 35.1. The number of carbonyl (C=O) groups is 2. The van der Waals surface area contributed by atoms with Crippen molar-refractivity contribution < 1.29 is 19.1 Å². The van der Waals surface area contributed by atoms with Gasteiger partial charge in [0.25, 0.3) is 0 Å². The van der Waals surface area contributed by atoms with Gasteiger partial charge in [-0.2, -0.15) is 0 Å². The summed E-state index contributed by atoms with van der Waals surface area (Å²) >= 11 is 2.06. The first-order valence-corrected chi connectivity index (χ1v) is 7.01. The number of carbonyl (C=O) groups excluding carboxylic acids is 2. The van der Waals surface area contributed by atoms with E-state index in [1.165, 1.54) is 0 Å². The molecule has 0 aliphatic heterocycles. The van der Waals surface area contributed by atoms with Gasteiger partial charge in [-0.05, 0) is 36.4 Å². The van der Waals surface area contributed by atoms with Crippen LogP contribution in [0.5, 0.6) is 0 Å². The third-order valence-electron chi connectivity index (χ3n) is 2.03. The Bertz CT molecular complexity index is 472. The van der Waals surface area contributed by atoms with Gasteiger partial charge < -0.3 is 9.47 Å². The smallest absolute Gasteiger partial charge is 0.325 e. The van der Waals surface area contributed by atoms with E-state index in [4.69, 9.17) is 9.47 Å². The standard InChI is InChI=1S/C12H14IN3O4/c1-3-19-10(17)9(11(18)20-4-2)7-16-12-14-5-8(13)6-15-12/h5-7,9H,3-4H2,1-2H3. The van der Waals surface area contributed by atoms with Gasteiger partial charge in [-0.15, -0.1) is 0 Å². The maximum atomic E-state index is 11.7. The van der Waals surface area contributed by atoms with E-state index in [-0.39, 0.29) is 19.2 Å². The second-order valence-corrected chi connectivity index (χ2v) is 4.71. The number of aromatic nitrogens is 2. The highest BCUT2D eigenvalue weighted by Crippen LogP contribution is 2.08. The van der Waals surface area contributed by atoms with E-state index in [1.807, 2.05) is 0 Å². The Morgan fingerprint density at radius 3 is 2.20 bits per heavy atom. The molecular formula is C12H14IN3O4. The van der Waals surface area contributed by atoms with Gasteiger partial charge >= 0.3 is 11.9 Å². The van der Waals surface area contributed by atoms with Crippen LogP contribution in [0.3, 0.4) is 0 Å². The second-order valence-electron chi connectivity index (χ2n) is 3.46. The van der Waals surface area contributed by atoms with Crippen LogP contribution in [0.2, 0.25) is 0 Å². The summed E-state index contributed by atoms with van der Waals surface area (Å²) < 4.78 is 10.5. The average molecular weight is 391 g/mol. The number of hydrogen-bond donors (Lipinski definition) is 0. The molecule has 0 atom stereocenters. The summed E-state index contributed by atoms with van der Waals surface area (Å²) in [5.74, 6) is -2.47. The van der Waals surface area contributed by atoms with E-state index in [0.717, 1.165) is 9.78 Å².